The number of nitrogens with zero attached hydrogens (tertiary/aromatic N) is 1. The first-order valence-corrected chi connectivity index (χ1v) is 4.55. The van der Waals surface area contributed by atoms with E-state index >= 15 is 0 Å². The lowest BCUT2D eigenvalue weighted by molar-refractivity contribution is -0.141. The maximum atomic E-state index is 12.1. The van der Waals surface area contributed by atoms with E-state index < -0.39 is 11.9 Å². The molecular weight excluding hydrogens is 270 g/mol. The molecule has 0 aliphatic rings. The molecule has 0 saturated carbocycles. The van der Waals surface area contributed by atoms with Crippen molar-refractivity contribution in [2.45, 2.75) is 12.1 Å². The van der Waals surface area contributed by atoms with Crippen molar-refractivity contribution in [3.63, 3.8) is 0 Å². The Hall–Kier alpha value is -0.290. The molecule has 0 aliphatic carbocycles. The zero-order valence-electron chi connectivity index (χ0n) is 6.20. The molecule has 1 nitrogen and oxygen atoms in total. The number of aromatic nitrogens is 1. The zero-order chi connectivity index (χ0) is 10.1. The van der Waals surface area contributed by atoms with Crippen LogP contribution in [0.3, 0.4) is 0 Å². The summed E-state index contributed by atoms with van der Waals surface area (Å²) < 4.78 is 36.8. The maximum Gasteiger partial charge on any atom is 0.433 e. The van der Waals surface area contributed by atoms with Gasteiger partial charge in [0.1, 0.15) is 5.69 Å². The standard InChI is InChI=1S/C7H4BrClF3N/c8-5-3-13-6(7(10,11)12)1-4(5)2-9/h1,3H,2H2. The van der Waals surface area contributed by atoms with Gasteiger partial charge < -0.3 is 0 Å². The van der Waals surface area contributed by atoms with Crippen LogP contribution in [0.5, 0.6) is 0 Å². The zero-order valence-corrected chi connectivity index (χ0v) is 8.54. The average Bonchev–Trinajstić information content (AvgIpc) is 2.03. The van der Waals surface area contributed by atoms with Crippen molar-refractivity contribution in [1.29, 1.82) is 0 Å². The van der Waals surface area contributed by atoms with E-state index in [4.69, 9.17) is 11.6 Å². The Morgan fingerprint density at radius 3 is 2.54 bits per heavy atom. The van der Waals surface area contributed by atoms with Gasteiger partial charge in [-0.3, -0.25) is 4.98 Å². The van der Waals surface area contributed by atoms with E-state index in [0.29, 0.717) is 10.0 Å². The summed E-state index contributed by atoms with van der Waals surface area (Å²) in [4.78, 5) is 3.23. The number of pyridine rings is 1. The molecule has 0 atom stereocenters. The number of hydrogen-bond acceptors (Lipinski definition) is 1. The van der Waals surface area contributed by atoms with Gasteiger partial charge in [0.2, 0.25) is 0 Å². The summed E-state index contributed by atoms with van der Waals surface area (Å²) in [6, 6.07) is 0.928. The molecule has 0 amide bonds. The van der Waals surface area contributed by atoms with E-state index in [9.17, 15) is 13.2 Å². The maximum absolute atomic E-state index is 12.1. The summed E-state index contributed by atoms with van der Waals surface area (Å²) in [6.07, 6.45) is -3.32. The second-order valence-corrected chi connectivity index (χ2v) is 3.41. The molecule has 13 heavy (non-hydrogen) atoms. The summed E-state index contributed by atoms with van der Waals surface area (Å²) in [5.41, 5.74) is -0.546. The minimum atomic E-state index is -4.42. The largest absolute Gasteiger partial charge is 0.433 e. The molecule has 1 aromatic rings. The van der Waals surface area contributed by atoms with Gasteiger partial charge in [-0.25, -0.2) is 0 Å². The van der Waals surface area contributed by atoms with Gasteiger partial charge in [0.05, 0.1) is 0 Å². The fourth-order valence-corrected chi connectivity index (χ4v) is 1.48. The highest BCUT2D eigenvalue weighted by Gasteiger charge is 2.32. The highest BCUT2D eigenvalue weighted by atomic mass is 79.9. The molecule has 0 aromatic carbocycles. The fraction of sp³-hybridized carbons (Fsp3) is 0.286. The van der Waals surface area contributed by atoms with Gasteiger partial charge in [-0.05, 0) is 27.6 Å². The summed E-state index contributed by atoms with van der Waals surface area (Å²) in [7, 11) is 0. The molecule has 0 aliphatic heterocycles. The molecule has 1 heterocycles. The van der Waals surface area contributed by atoms with E-state index in [0.717, 1.165) is 12.3 Å². The van der Waals surface area contributed by atoms with Gasteiger partial charge in [0.15, 0.2) is 0 Å². The van der Waals surface area contributed by atoms with E-state index in [1.165, 1.54) is 0 Å². The lowest BCUT2D eigenvalue weighted by atomic mass is 10.2. The third-order valence-electron chi connectivity index (χ3n) is 1.37. The van der Waals surface area contributed by atoms with Crippen LogP contribution in [0.1, 0.15) is 11.3 Å². The molecule has 0 radical (unpaired) electrons. The summed E-state index contributed by atoms with van der Waals surface area (Å²) in [5, 5.41) is 0. The van der Waals surface area contributed by atoms with Crippen molar-refractivity contribution in [2.24, 2.45) is 0 Å². The Balaban J connectivity index is 3.14. The summed E-state index contributed by atoms with van der Waals surface area (Å²) >= 11 is 8.47. The Morgan fingerprint density at radius 2 is 2.08 bits per heavy atom. The van der Waals surface area contributed by atoms with Crippen LogP contribution < -0.4 is 0 Å². The molecule has 0 spiro atoms. The van der Waals surface area contributed by atoms with Gasteiger partial charge in [0.25, 0.3) is 0 Å². The SMILES string of the molecule is FC(F)(F)c1cc(CCl)c(Br)cn1. The molecule has 1 rings (SSSR count). The van der Waals surface area contributed by atoms with Crippen LogP contribution in [0, 0.1) is 0 Å². The van der Waals surface area contributed by atoms with Crippen molar-refractivity contribution < 1.29 is 13.2 Å². The van der Waals surface area contributed by atoms with Gasteiger partial charge in [-0.15, -0.1) is 11.6 Å². The van der Waals surface area contributed by atoms with Crippen LogP contribution in [0.2, 0.25) is 0 Å². The number of halogens is 5. The quantitative estimate of drug-likeness (QED) is 0.713. The van der Waals surface area contributed by atoms with E-state index in [1.54, 1.807) is 0 Å². The molecule has 6 heteroatoms. The summed E-state index contributed by atoms with van der Waals surface area (Å²) in [6.45, 7) is 0. The molecular formula is C7H4BrClF3N. The molecule has 0 fully saturated rings. The van der Waals surface area contributed by atoms with Crippen LogP contribution in [-0.2, 0) is 12.1 Å². The van der Waals surface area contributed by atoms with Crippen LogP contribution in [0.15, 0.2) is 16.7 Å². The van der Waals surface area contributed by atoms with Crippen molar-refractivity contribution in [3.8, 4) is 0 Å². The van der Waals surface area contributed by atoms with E-state index in [-0.39, 0.29) is 5.88 Å². The normalized spacial score (nSPS) is 11.8. The average molecular weight is 274 g/mol. The molecule has 0 bridgehead atoms. The molecule has 0 N–H and O–H groups in total. The third kappa shape index (κ3) is 2.57. The molecule has 0 saturated heterocycles. The minimum Gasteiger partial charge on any atom is -0.251 e. The van der Waals surface area contributed by atoms with E-state index in [2.05, 4.69) is 20.9 Å². The Bertz CT molecular complexity index is 313. The highest BCUT2D eigenvalue weighted by molar-refractivity contribution is 9.10. The highest BCUT2D eigenvalue weighted by Crippen LogP contribution is 2.30. The topological polar surface area (TPSA) is 12.9 Å². The summed E-state index contributed by atoms with van der Waals surface area (Å²) in [5.74, 6) is 0.0200. The molecule has 72 valence electrons. The number of alkyl halides is 4. The van der Waals surface area contributed by atoms with Crippen LogP contribution in [-0.4, -0.2) is 4.98 Å². The van der Waals surface area contributed by atoms with Gasteiger partial charge >= 0.3 is 6.18 Å². The second-order valence-electron chi connectivity index (χ2n) is 2.29. The smallest absolute Gasteiger partial charge is 0.251 e. The predicted molar refractivity (Wildman–Crippen MR) is 46.5 cm³/mol. The second kappa shape index (κ2) is 3.84. The van der Waals surface area contributed by atoms with Crippen molar-refractivity contribution in [1.82, 2.24) is 4.98 Å². The first-order valence-electron chi connectivity index (χ1n) is 3.22. The van der Waals surface area contributed by atoms with Crippen LogP contribution in [0.25, 0.3) is 0 Å². The minimum absolute atomic E-state index is 0.0200. The van der Waals surface area contributed by atoms with Gasteiger partial charge in [-0.1, -0.05) is 0 Å². The first-order chi connectivity index (χ1) is 5.95. The number of hydrogen-bond donors (Lipinski definition) is 0. The van der Waals surface area contributed by atoms with Crippen LogP contribution in [0.4, 0.5) is 13.2 Å². The van der Waals surface area contributed by atoms with Crippen molar-refractivity contribution in [2.75, 3.05) is 0 Å². The first kappa shape index (κ1) is 10.8. The van der Waals surface area contributed by atoms with Crippen LogP contribution >= 0.6 is 27.5 Å². The Labute approximate surface area is 86.0 Å². The Kier molecular flexibility index (Phi) is 3.18. The lowest BCUT2D eigenvalue weighted by Gasteiger charge is -2.07. The molecule has 0 unspecified atom stereocenters. The Morgan fingerprint density at radius 1 is 1.46 bits per heavy atom. The van der Waals surface area contributed by atoms with Crippen molar-refractivity contribution >= 4 is 27.5 Å². The van der Waals surface area contributed by atoms with Crippen molar-refractivity contribution in [3.05, 3.63) is 28.0 Å². The van der Waals surface area contributed by atoms with E-state index in [1.807, 2.05) is 0 Å². The third-order valence-corrected chi connectivity index (χ3v) is 2.37. The fourth-order valence-electron chi connectivity index (χ4n) is 0.738. The lowest BCUT2D eigenvalue weighted by Crippen LogP contribution is -2.08. The number of rotatable bonds is 1. The monoisotopic (exact) mass is 273 g/mol. The molecule has 1 aromatic heterocycles. The van der Waals surface area contributed by atoms with Gasteiger partial charge in [0, 0.05) is 16.5 Å². The van der Waals surface area contributed by atoms with Gasteiger partial charge in [-0.2, -0.15) is 13.2 Å². The predicted octanol–water partition coefficient (Wildman–Crippen LogP) is 3.60.